The first-order valence-electron chi connectivity index (χ1n) is 11.0. The van der Waals surface area contributed by atoms with Crippen LogP contribution in [0.25, 0.3) is 11.1 Å². The van der Waals surface area contributed by atoms with E-state index in [1.165, 1.54) is 23.5 Å². The maximum absolute atomic E-state index is 13.3. The first-order valence-corrected chi connectivity index (χ1v) is 12.3. The van der Waals surface area contributed by atoms with E-state index in [1.54, 1.807) is 34.5 Å². The van der Waals surface area contributed by atoms with E-state index >= 15 is 0 Å². The number of aromatic nitrogens is 1. The number of alkyl halides is 3. The molecule has 1 saturated heterocycles. The Labute approximate surface area is 214 Å². The van der Waals surface area contributed by atoms with Crippen molar-refractivity contribution in [2.24, 2.45) is 5.73 Å². The van der Waals surface area contributed by atoms with Crippen LogP contribution in [0.3, 0.4) is 0 Å². The molecule has 36 heavy (non-hydrogen) atoms. The fourth-order valence-corrected chi connectivity index (χ4v) is 5.04. The zero-order chi connectivity index (χ0) is 25.9. The van der Waals surface area contributed by atoms with Gasteiger partial charge in [-0.3, -0.25) is 20.4 Å². The standard InChI is InChI=1S/C24H22F3N5O2S2/c25-24(26,27)16-7-5-14(6-8-16)17-3-1-2-4-18(17)22(34)32-11-9-15(10-12-32)21-29-19(13-36-21)20(33)30-31-23(28)35/h1-8,13,15H,9-12H2,(H,30,33)(H3,28,31,35). The van der Waals surface area contributed by atoms with Gasteiger partial charge < -0.3 is 10.6 Å². The third-order valence-corrected chi connectivity index (χ3v) is 6.98. The molecule has 4 rings (SSSR count). The van der Waals surface area contributed by atoms with E-state index in [2.05, 4.69) is 28.1 Å². The second-order valence-corrected chi connectivity index (χ2v) is 9.53. The Hall–Kier alpha value is -3.51. The van der Waals surface area contributed by atoms with Crippen LogP contribution in [0.4, 0.5) is 13.2 Å². The fraction of sp³-hybridized carbons (Fsp3) is 0.250. The lowest BCUT2D eigenvalue weighted by Crippen LogP contribution is -2.44. The number of carbonyl (C=O) groups excluding carboxylic acids is 2. The average Bonchev–Trinajstić information content (AvgIpc) is 3.37. The summed E-state index contributed by atoms with van der Waals surface area (Å²) in [6.45, 7) is 0.990. The van der Waals surface area contributed by atoms with Gasteiger partial charge in [0.2, 0.25) is 0 Å². The molecule has 188 valence electrons. The minimum Gasteiger partial charge on any atom is -0.375 e. The van der Waals surface area contributed by atoms with Gasteiger partial charge in [0.15, 0.2) is 5.11 Å². The molecule has 2 amide bonds. The molecule has 0 aliphatic carbocycles. The molecule has 1 aliphatic rings. The topological polar surface area (TPSA) is 100 Å². The molecule has 7 nitrogen and oxygen atoms in total. The molecule has 1 fully saturated rings. The summed E-state index contributed by atoms with van der Waals surface area (Å²) in [5.41, 5.74) is 11.1. The van der Waals surface area contributed by atoms with Crippen LogP contribution in [-0.4, -0.2) is 39.9 Å². The molecule has 0 radical (unpaired) electrons. The molecule has 2 aromatic carbocycles. The first-order chi connectivity index (χ1) is 17.1. The Balaban J connectivity index is 1.42. The molecule has 0 unspecified atom stereocenters. The van der Waals surface area contributed by atoms with E-state index in [-0.39, 0.29) is 22.6 Å². The predicted octanol–water partition coefficient (Wildman–Crippen LogP) is 4.33. The van der Waals surface area contributed by atoms with Crippen LogP contribution in [0.1, 0.15) is 50.2 Å². The maximum Gasteiger partial charge on any atom is 0.416 e. The Bertz CT molecular complexity index is 1270. The maximum atomic E-state index is 13.3. The van der Waals surface area contributed by atoms with Gasteiger partial charge in [-0.1, -0.05) is 30.3 Å². The Morgan fingerprint density at radius 1 is 1.06 bits per heavy atom. The molecular formula is C24H22F3N5O2S2. The van der Waals surface area contributed by atoms with Crippen molar-refractivity contribution in [3.8, 4) is 11.1 Å². The third kappa shape index (κ3) is 5.82. The lowest BCUT2D eigenvalue weighted by molar-refractivity contribution is -0.137. The van der Waals surface area contributed by atoms with E-state index in [9.17, 15) is 22.8 Å². The lowest BCUT2D eigenvalue weighted by atomic mass is 9.94. The van der Waals surface area contributed by atoms with Crippen molar-refractivity contribution in [3.05, 3.63) is 75.7 Å². The molecule has 4 N–H and O–H groups in total. The first kappa shape index (κ1) is 25.6. The molecule has 0 atom stereocenters. The van der Waals surface area contributed by atoms with Crippen LogP contribution in [0.5, 0.6) is 0 Å². The second kappa shape index (κ2) is 10.6. The third-order valence-electron chi connectivity index (χ3n) is 5.87. The van der Waals surface area contributed by atoms with Gasteiger partial charge in [0, 0.05) is 30.0 Å². The van der Waals surface area contributed by atoms with E-state index in [0.29, 0.717) is 42.6 Å². The van der Waals surface area contributed by atoms with Crippen molar-refractivity contribution >= 4 is 40.5 Å². The molecule has 0 spiro atoms. The summed E-state index contributed by atoms with van der Waals surface area (Å²) in [5.74, 6) is -0.515. The zero-order valence-electron chi connectivity index (χ0n) is 18.8. The number of amides is 2. The molecule has 12 heteroatoms. The van der Waals surface area contributed by atoms with Crippen LogP contribution in [-0.2, 0) is 6.18 Å². The highest BCUT2D eigenvalue weighted by molar-refractivity contribution is 7.80. The number of thiocarbonyl (C=S) groups is 1. The normalized spacial score (nSPS) is 14.4. The van der Waals surface area contributed by atoms with Gasteiger partial charge in [-0.25, -0.2) is 4.98 Å². The van der Waals surface area contributed by atoms with Gasteiger partial charge in [0.1, 0.15) is 5.69 Å². The number of nitrogens with zero attached hydrogens (tertiary/aromatic N) is 2. The number of piperidine rings is 1. The predicted molar refractivity (Wildman–Crippen MR) is 134 cm³/mol. The van der Waals surface area contributed by atoms with Crippen LogP contribution >= 0.6 is 23.6 Å². The van der Waals surface area contributed by atoms with Crippen LogP contribution in [0, 0.1) is 0 Å². The largest absolute Gasteiger partial charge is 0.416 e. The van der Waals surface area contributed by atoms with Crippen LogP contribution < -0.4 is 16.6 Å². The average molecular weight is 534 g/mol. The highest BCUT2D eigenvalue weighted by Crippen LogP contribution is 2.34. The summed E-state index contributed by atoms with van der Waals surface area (Å²) in [6, 6.07) is 11.7. The van der Waals surface area contributed by atoms with Crippen molar-refractivity contribution in [2.75, 3.05) is 13.1 Å². The quantitative estimate of drug-likeness (QED) is 0.341. The number of benzene rings is 2. The SMILES string of the molecule is NC(=S)NNC(=O)c1csc(C2CCN(C(=O)c3ccccc3-c3ccc(C(F)(F)F)cc3)CC2)n1. The van der Waals surface area contributed by atoms with E-state index in [0.717, 1.165) is 17.1 Å². The van der Waals surface area contributed by atoms with Crippen molar-refractivity contribution in [2.45, 2.75) is 24.9 Å². The lowest BCUT2D eigenvalue weighted by Gasteiger charge is -2.31. The Morgan fingerprint density at radius 3 is 2.36 bits per heavy atom. The smallest absolute Gasteiger partial charge is 0.375 e. The van der Waals surface area contributed by atoms with Crippen molar-refractivity contribution in [1.29, 1.82) is 0 Å². The molecule has 1 aliphatic heterocycles. The number of carbonyl (C=O) groups is 2. The summed E-state index contributed by atoms with van der Waals surface area (Å²) in [4.78, 5) is 31.6. The van der Waals surface area contributed by atoms with Crippen LogP contribution in [0.2, 0.25) is 0 Å². The molecule has 0 bridgehead atoms. The second-order valence-electron chi connectivity index (χ2n) is 8.20. The number of nitrogens with one attached hydrogen (secondary N) is 2. The number of hydrogen-bond donors (Lipinski definition) is 3. The Morgan fingerprint density at radius 2 is 1.72 bits per heavy atom. The zero-order valence-corrected chi connectivity index (χ0v) is 20.5. The van der Waals surface area contributed by atoms with Gasteiger partial charge in [-0.05, 0) is 54.4 Å². The number of nitrogens with two attached hydrogens (primary N) is 1. The summed E-state index contributed by atoms with van der Waals surface area (Å²) in [7, 11) is 0. The number of likely N-dealkylation sites (tertiary alicyclic amines) is 1. The van der Waals surface area contributed by atoms with Gasteiger partial charge in [-0.15, -0.1) is 11.3 Å². The highest BCUT2D eigenvalue weighted by atomic mass is 32.1. The van der Waals surface area contributed by atoms with Crippen molar-refractivity contribution in [1.82, 2.24) is 20.7 Å². The molecular weight excluding hydrogens is 511 g/mol. The Kier molecular flexibility index (Phi) is 7.55. The monoisotopic (exact) mass is 533 g/mol. The molecule has 0 saturated carbocycles. The van der Waals surface area contributed by atoms with Crippen molar-refractivity contribution in [3.63, 3.8) is 0 Å². The van der Waals surface area contributed by atoms with E-state index < -0.39 is 17.6 Å². The van der Waals surface area contributed by atoms with Gasteiger partial charge in [0.05, 0.1) is 10.6 Å². The number of halogens is 3. The fourth-order valence-electron chi connectivity index (χ4n) is 4.02. The molecule has 2 heterocycles. The summed E-state index contributed by atoms with van der Waals surface area (Å²) < 4.78 is 38.8. The van der Waals surface area contributed by atoms with E-state index in [1.807, 2.05) is 0 Å². The minimum absolute atomic E-state index is 0.0595. The van der Waals surface area contributed by atoms with Gasteiger partial charge in [0.25, 0.3) is 11.8 Å². The van der Waals surface area contributed by atoms with E-state index in [4.69, 9.17) is 5.73 Å². The highest BCUT2D eigenvalue weighted by Gasteiger charge is 2.31. The van der Waals surface area contributed by atoms with Crippen LogP contribution in [0.15, 0.2) is 53.9 Å². The number of hydrazine groups is 1. The number of rotatable bonds is 4. The van der Waals surface area contributed by atoms with Gasteiger partial charge >= 0.3 is 6.18 Å². The summed E-state index contributed by atoms with van der Waals surface area (Å²) in [6.07, 6.45) is -3.07. The number of hydrogen-bond acceptors (Lipinski definition) is 5. The summed E-state index contributed by atoms with van der Waals surface area (Å²) in [5, 5.41) is 2.41. The number of thiazole rings is 1. The summed E-state index contributed by atoms with van der Waals surface area (Å²) >= 11 is 6.03. The molecule has 1 aromatic heterocycles. The van der Waals surface area contributed by atoms with Gasteiger partial charge in [-0.2, -0.15) is 13.2 Å². The minimum atomic E-state index is -4.42. The molecule has 3 aromatic rings. The van der Waals surface area contributed by atoms with Crippen molar-refractivity contribution < 1.29 is 22.8 Å².